The Hall–Kier alpha value is -3.58. The number of nitrogens with zero attached hydrogens (tertiary/aromatic N) is 3. The van der Waals surface area contributed by atoms with E-state index in [1.807, 2.05) is 34.9 Å². The van der Waals surface area contributed by atoms with E-state index in [4.69, 9.17) is 4.74 Å². The van der Waals surface area contributed by atoms with Crippen molar-refractivity contribution >= 4 is 22.9 Å². The predicted octanol–water partition coefficient (Wildman–Crippen LogP) is 4.38. The molecule has 6 nitrogen and oxygen atoms in total. The first-order chi connectivity index (χ1) is 16.5. The van der Waals surface area contributed by atoms with Crippen molar-refractivity contribution in [2.75, 3.05) is 16.3 Å². The minimum absolute atomic E-state index is 0.133. The number of anilines is 2. The minimum Gasteiger partial charge on any atom is -0.359 e. The van der Waals surface area contributed by atoms with Gasteiger partial charge in [0.2, 0.25) is 0 Å². The first-order valence-electron chi connectivity index (χ1n) is 11.6. The van der Waals surface area contributed by atoms with Gasteiger partial charge in [0.1, 0.15) is 12.0 Å². The van der Waals surface area contributed by atoms with Gasteiger partial charge in [-0.1, -0.05) is 30.3 Å². The molecule has 2 aliphatic heterocycles. The second-order valence-corrected chi connectivity index (χ2v) is 9.17. The number of carbonyl (C=O) groups is 2. The van der Waals surface area contributed by atoms with E-state index in [2.05, 4.69) is 4.98 Å². The molecule has 2 atom stereocenters. The molecule has 6 rings (SSSR count). The number of hydrogen-bond acceptors (Lipinski definition) is 6. The Balaban J connectivity index is 1.16. The monoisotopic (exact) mass is 457 g/mol. The summed E-state index contributed by atoms with van der Waals surface area (Å²) in [7, 11) is 0. The second kappa shape index (κ2) is 8.02. The third-order valence-electron chi connectivity index (χ3n) is 7.11. The molecular weight excluding hydrogens is 433 g/mol. The van der Waals surface area contributed by atoms with E-state index in [9.17, 15) is 9.59 Å². The van der Waals surface area contributed by atoms with Crippen LogP contribution < -0.4 is 9.80 Å². The molecule has 0 spiro atoms. The maximum absolute atomic E-state index is 15.2. The van der Waals surface area contributed by atoms with Gasteiger partial charge in [-0.3, -0.25) is 14.6 Å². The largest absolute Gasteiger partial charge is 0.359 e. The number of Topliss-reactive ketones (excluding diaryl/α,β-unsaturated/α-hetero) is 2. The van der Waals surface area contributed by atoms with Crippen LogP contribution in [0.2, 0.25) is 0 Å². The van der Waals surface area contributed by atoms with Gasteiger partial charge in [-0.25, -0.2) is 4.39 Å². The molecule has 2 aromatic carbocycles. The van der Waals surface area contributed by atoms with Crippen LogP contribution in [-0.4, -0.2) is 35.4 Å². The van der Waals surface area contributed by atoms with Gasteiger partial charge < -0.3 is 14.5 Å². The van der Waals surface area contributed by atoms with Crippen molar-refractivity contribution in [2.45, 2.75) is 38.8 Å². The zero-order valence-electron chi connectivity index (χ0n) is 18.8. The highest BCUT2D eigenvalue weighted by molar-refractivity contribution is 6.26. The SMILES string of the molecule is CC1O[C@@H](CC2C(=O)c3ccccc3C2=O)CN1c1ccc(N2Cc3cccnc3C2)c(F)c1. The summed E-state index contributed by atoms with van der Waals surface area (Å²) >= 11 is 0. The third-order valence-corrected chi connectivity index (χ3v) is 7.11. The molecule has 0 N–H and O–H groups in total. The van der Waals surface area contributed by atoms with Crippen molar-refractivity contribution in [1.29, 1.82) is 0 Å². The fraction of sp³-hybridized carbons (Fsp3) is 0.296. The third kappa shape index (κ3) is 3.39. The molecule has 34 heavy (non-hydrogen) atoms. The second-order valence-electron chi connectivity index (χ2n) is 9.17. The Kier molecular flexibility index (Phi) is 4.95. The van der Waals surface area contributed by atoms with Gasteiger partial charge in [-0.05, 0) is 43.2 Å². The zero-order chi connectivity index (χ0) is 23.4. The number of benzene rings is 2. The van der Waals surface area contributed by atoms with E-state index < -0.39 is 5.92 Å². The molecule has 0 amide bonds. The smallest absolute Gasteiger partial charge is 0.174 e. The summed E-state index contributed by atoms with van der Waals surface area (Å²) < 4.78 is 21.2. The first kappa shape index (κ1) is 21.0. The first-order valence-corrected chi connectivity index (χ1v) is 11.6. The van der Waals surface area contributed by atoms with Crippen LogP contribution in [0.3, 0.4) is 0 Å². The Morgan fingerprint density at radius 1 is 1.03 bits per heavy atom. The lowest BCUT2D eigenvalue weighted by atomic mass is 9.96. The summed E-state index contributed by atoms with van der Waals surface area (Å²) in [5.41, 5.74) is 4.36. The van der Waals surface area contributed by atoms with Crippen molar-refractivity contribution < 1.29 is 18.7 Å². The quantitative estimate of drug-likeness (QED) is 0.542. The summed E-state index contributed by atoms with van der Waals surface area (Å²) in [5.74, 6) is -1.27. The number of fused-ring (bicyclic) bond motifs is 2. The van der Waals surface area contributed by atoms with Gasteiger partial charge in [0, 0.05) is 36.1 Å². The Bertz CT molecular complexity index is 1250. The summed E-state index contributed by atoms with van der Waals surface area (Å²) in [5, 5.41) is 0. The molecule has 3 heterocycles. The Morgan fingerprint density at radius 2 is 1.79 bits per heavy atom. The van der Waals surface area contributed by atoms with Crippen LogP contribution in [0.1, 0.15) is 45.3 Å². The van der Waals surface area contributed by atoms with Crippen LogP contribution in [-0.2, 0) is 17.8 Å². The maximum Gasteiger partial charge on any atom is 0.174 e. The molecule has 0 saturated carbocycles. The van der Waals surface area contributed by atoms with Crippen LogP contribution in [0, 0.1) is 11.7 Å². The molecule has 1 unspecified atom stereocenters. The highest BCUT2D eigenvalue weighted by atomic mass is 19.1. The molecular formula is C27H24FN3O3. The van der Waals surface area contributed by atoms with Crippen LogP contribution >= 0.6 is 0 Å². The predicted molar refractivity (Wildman–Crippen MR) is 125 cm³/mol. The van der Waals surface area contributed by atoms with E-state index in [0.29, 0.717) is 42.9 Å². The van der Waals surface area contributed by atoms with Crippen molar-refractivity contribution in [2.24, 2.45) is 5.92 Å². The van der Waals surface area contributed by atoms with Gasteiger partial charge >= 0.3 is 0 Å². The lowest BCUT2D eigenvalue weighted by molar-refractivity contribution is 0.0419. The standard InChI is InChI=1S/C27H24FN3O3/c1-16-31(14-19(34-16)12-22-26(32)20-6-2-3-7-21(20)27(22)33)18-8-9-25(23(28)11-18)30-13-17-5-4-10-29-24(17)15-30/h2-11,16,19,22H,12-15H2,1H3/t16?,19-/m0/s1. The van der Waals surface area contributed by atoms with E-state index in [1.54, 1.807) is 36.5 Å². The lowest BCUT2D eigenvalue weighted by Crippen LogP contribution is -2.29. The summed E-state index contributed by atoms with van der Waals surface area (Å²) in [6.07, 6.45) is 1.51. The molecule has 3 aliphatic rings. The van der Waals surface area contributed by atoms with Gasteiger partial charge in [0.15, 0.2) is 11.6 Å². The van der Waals surface area contributed by atoms with Crippen molar-refractivity contribution in [3.8, 4) is 0 Å². The van der Waals surface area contributed by atoms with Crippen molar-refractivity contribution in [3.05, 3.63) is 89.0 Å². The average molecular weight is 458 g/mol. The topological polar surface area (TPSA) is 62.7 Å². The fourth-order valence-electron chi connectivity index (χ4n) is 5.39. The summed E-state index contributed by atoms with van der Waals surface area (Å²) in [4.78, 5) is 33.9. The molecule has 172 valence electrons. The highest BCUT2D eigenvalue weighted by Gasteiger charge is 2.42. The zero-order valence-corrected chi connectivity index (χ0v) is 18.8. The average Bonchev–Trinajstić information content (AvgIpc) is 3.50. The number of aromatic nitrogens is 1. The minimum atomic E-state index is -0.709. The molecule has 1 saturated heterocycles. The molecule has 1 aromatic heterocycles. The number of ether oxygens (including phenoxy) is 1. The van der Waals surface area contributed by atoms with E-state index in [0.717, 1.165) is 16.9 Å². The Labute approximate surface area is 197 Å². The number of hydrogen-bond donors (Lipinski definition) is 0. The normalized spacial score (nSPS) is 21.9. The van der Waals surface area contributed by atoms with E-state index >= 15 is 4.39 Å². The van der Waals surface area contributed by atoms with Gasteiger partial charge in [0.05, 0.1) is 29.9 Å². The van der Waals surface area contributed by atoms with Crippen molar-refractivity contribution in [1.82, 2.24) is 4.98 Å². The molecule has 1 fully saturated rings. The Morgan fingerprint density at radius 3 is 2.50 bits per heavy atom. The summed E-state index contributed by atoms with van der Waals surface area (Å²) in [6, 6.07) is 16.1. The number of halogens is 1. The number of ketones is 2. The van der Waals surface area contributed by atoms with Gasteiger partial charge in [-0.2, -0.15) is 0 Å². The van der Waals surface area contributed by atoms with Crippen LogP contribution in [0.4, 0.5) is 15.8 Å². The fourth-order valence-corrected chi connectivity index (χ4v) is 5.39. The van der Waals surface area contributed by atoms with Gasteiger partial charge in [-0.15, -0.1) is 0 Å². The number of rotatable bonds is 4. The van der Waals surface area contributed by atoms with E-state index in [1.165, 1.54) is 6.07 Å². The number of carbonyl (C=O) groups excluding carboxylic acids is 2. The molecule has 0 bridgehead atoms. The molecule has 1 aliphatic carbocycles. The van der Waals surface area contributed by atoms with E-state index in [-0.39, 0.29) is 29.7 Å². The van der Waals surface area contributed by atoms with Crippen LogP contribution in [0.25, 0.3) is 0 Å². The molecule has 3 aromatic rings. The van der Waals surface area contributed by atoms with Crippen LogP contribution in [0.5, 0.6) is 0 Å². The lowest BCUT2D eigenvalue weighted by Gasteiger charge is -2.24. The van der Waals surface area contributed by atoms with Crippen LogP contribution in [0.15, 0.2) is 60.8 Å². The highest BCUT2D eigenvalue weighted by Crippen LogP contribution is 2.36. The van der Waals surface area contributed by atoms with Gasteiger partial charge in [0.25, 0.3) is 0 Å². The molecule has 0 radical (unpaired) electrons. The van der Waals surface area contributed by atoms with Crippen molar-refractivity contribution in [3.63, 3.8) is 0 Å². The maximum atomic E-state index is 15.2. The number of pyridine rings is 1. The summed E-state index contributed by atoms with van der Waals surface area (Å²) in [6.45, 7) is 3.62. The molecule has 7 heteroatoms.